The van der Waals surface area contributed by atoms with Crippen molar-refractivity contribution in [2.24, 2.45) is 5.92 Å². The summed E-state index contributed by atoms with van der Waals surface area (Å²) in [4.78, 5) is 26.8. The Kier molecular flexibility index (Phi) is 9.61. The standard InChI is InChI=1S/C31H46N6O3S/c1-23-29(33-22-34-30(23)32-21-24-8-7-11-26(20-24)25-9-5-4-6-10-25)31(38)37-18-14-28(15-19-37)36-16-12-27(13-17-36)35(2)41(3,39)40/h4-6,9-10,22,24,26-28H,7-8,11-21H2,1-3H3,(H,32,33,34). The molecular formula is C31H46N6O3S. The summed E-state index contributed by atoms with van der Waals surface area (Å²) in [5.74, 6) is 1.95. The van der Waals surface area contributed by atoms with Crippen LogP contribution in [0.2, 0.25) is 0 Å². The SMILES string of the molecule is Cc1c(NCC2CCCC(c3ccccc3)C2)ncnc1C(=O)N1CCC(N2CCC(N(C)S(C)(=O)=O)CC2)CC1. The minimum absolute atomic E-state index is 0.0123. The molecule has 0 bridgehead atoms. The van der Waals surface area contributed by atoms with Gasteiger partial charge in [0.1, 0.15) is 17.8 Å². The predicted octanol–water partition coefficient (Wildman–Crippen LogP) is 4.13. The quantitative estimate of drug-likeness (QED) is 0.500. The van der Waals surface area contributed by atoms with E-state index in [0.29, 0.717) is 36.7 Å². The van der Waals surface area contributed by atoms with Gasteiger partial charge >= 0.3 is 0 Å². The highest BCUT2D eigenvalue weighted by atomic mass is 32.2. The number of likely N-dealkylation sites (tertiary alicyclic amines) is 2. The van der Waals surface area contributed by atoms with Crippen molar-refractivity contribution < 1.29 is 13.2 Å². The van der Waals surface area contributed by atoms with Crippen LogP contribution in [0.1, 0.15) is 78.9 Å². The number of sulfonamides is 1. The third kappa shape index (κ3) is 7.27. The van der Waals surface area contributed by atoms with E-state index in [1.54, 1.807) is 7.05 Å². The smallest absolute Gasteiger partial charge is 0.272 e. The van der Waals surface area contributed by atoms with Crippen LogP contribution in [0.25, 0.3) is 0 Å². The lowest BCUT2D eigenvalue weighted by Crippen LogP contribution is -2.52. The van der Waals surface area contributed by atoms with Crippen LogP contribution in [0.15, 0.2) is 36.7 Å². The molecule has 1 amide bonds. The van der Waals surface area contributed by atoms with Gasteiger partial charge in [0.15, 0.2) is 0 Å². The number of piperidine rings is 2. The zero-order valence-corrected chi connectivity index (χ0v) is 25.7. The Balaban J connectivity index is 1.11. The molecule has 2 aromatic rings. The molecule has 5 rings (SSSR count). The molecule has 3 aliphatic rings. The maximum absolute atomic E-state index is 13.5. The fourth-order valence-electron chi connectivity index (χ4n) is 7.06. The molecular weight excluding hydrogens is 536 g/mol. The minimum atomic E-state index is -3.16. The van der Waals surface area contributed by atoms with E-state index in [0.717, 1.165) is 56.7 Å². The summed E-state index contributed by atoms with van der Waals surface area (Å²) >= 11 is 0. The summed E-state index contributed by atoms with van der Waals surface area (Å²) in [6, 6.07) is 11.4. The van der Waals surface area contributed by atoms with Crippen LogP contribution in [-0.4, -0.2) is 96.5 Å². The van der Waals surface area contributed by atoms with Gasteiger partial charge in [-0.3, -0.25) is 4.79 Å². The molecule has 3 heterocycles. The minimum Gasteiger partial charge on any atom is -0.369 e. The summed E-state index contributed by atoms with van der Waals surface area (Å²) in [7, 11) is -1.47. The first-order valence-electron chi connectivity index (χ1n) is 15.3. The van der Waals surface area contributed by atoms with Gasteiger partial charge in [0.2, 0.25) is 10.0 Å². The van der Waals surface area contributed by atoms with Crippen LogP contribution in [0.5, 0.6) is 0 Å². The number of aromatic nitrogens is 2. The number of nitrogens with zero attached hydrogens (tertiary/aromatic N) is 5. The van der Waals surface area contributed by atoms with E-state index >= 15 is 0 Å². The molecule has 1 aromatic carbocycles. The van der Waals surface area contributed by atoms with Gasteiger partial charge in [-0.05, 0) is 82.4 Å². The van der Waals surface area contributed by atoms with Gasteiger partial charge in [0.05, 0.1) is 6.26 Å². The lowest BCUT2D eigenvalue weighted by molar-refractivity contribution is 0.0542. The number of rotatable bonds is 8. The predicted molar refractivity (Wildman–Crippen MR) is 163 cm³/mol. The number of benzene rings is 1. The highest BCUT2D eigenvalue weighted by Gasteiger charge is 2.33. The van der Waals surface area contributed by atoms with E-state index in [1.807, 2.05) is 11.8 Å². The number of anilines is 1. The van der Waals surface area contributed by atoms with Gasteiger partial charge < -0.3 is 15.1 Å². The maximum atomic E-state index is 13.5. The third-order valence-electron chi connectivity index (χ3n) is 9.70. The molecule has 2 saturated heterocycles. The highest BCUT2D eigenvalue weighted by molar-refractivity contribution is 7.88. The zero-order valence-electron chi connectivity index (χ0n) is 24.8. The summed E-state index contributed by atoms with van der Waals surface area (Å²) in [6.45, 7) is 6.03. The highest BCUT2D eigenvalue weighted by Crippen LogP contribution is 2.36. The Labute approximate surface area is 245 Å². The molecule has 1 saturated carbocycles. The second kappa shape index (κ2) is 13.2. The molecule has 1 aromatic heterocycles. The molecule has 1 aliphatic carbocycles. The Morgan fingerprint density at radius 3 is 2.39 bits per heavy atom. The van der Waals surface area contributed by atoms with E-state index in [4.69, 9.17) is 0 Å². The van der Waals surface area contributed by atoms with E-state index < -0.39 is 10.0 Å². The van der Waals surface area contributed by atoms with Crippen molar-refractivity contribution >= 4 is 21.7 Å². The fraction of sp³-hybridized carbons (Fsp3) is 0.645. The Morgan fingerprint density at radius 1 is 1.00 bits per heavy atom. The first kappa shape index (κ1) is 29.9. The van der Waals surface area contributed by atoms with E-state index in [-0.39, 0.29) is 11.9 Å². The molecule has 41 heavy (non-hydrogen) atoms. The van der Waals surface area contributed by atoms with Crippen molar-refractivity contribution in [1.82, 2.24) is 24.1 Å². The molecule has 0 radical (unpaired) electrons. The van der Waals surface area contributed by atoms with Crippen molar-refractivity contribution in [2.75, 3.05) is 51.3 Å². The number of amides is 1. The molecule has 3 fully saturated rings. The van der Waals surface area contributed by atoms with Crippen molar-refractivity contribution in [3.63, 3.8) is 0 Å². The van der Waals surface area contributed by atoms with Gasteiger partial charge in [-0.2, -0.15) is 0 Å². The summed E-state index contributed by atoms with van der Waals surface area (Å²) in [6.07, 6.45) is 11.2. The largest absolute Gasteiger partial charge is 0.369 e. The maximum Gasteiger partial charge on any atom is 0.272 e. The van der Waals surface area contributed by atoms with Gasteiger partial charge in [-0.25, -0.2) is 22.7 Å². The molecule has 1 N–H and O–H groups in total. The summed E-state index contributed by atoms with van der Waals surface area (Å²) < 4.78 is 25.3. The van der Waals surface area contributed by atoms with Crippen LogP contribution < -0.4 is 5.32 Å². The van der Waals surface area contributed by atoms with Gasteiger partial charge in [0.25, 0.3) is 5.91 Å². The third-order valence-corrected chi connectivity index (χ3v) is 11.0. The number of carbonyl (C=O) groups excluding carboxylic acids is 1. The molecule has 2 aliphatic heterocycles. The fourth-order valence-corrected chi connectivity index (χ4v) is 7.81. The Morgan fingerprint density at radius 2 is 1.71 bits per heavy atom. The van der Waals surface area contributed by atoms with Crippen molar-refractivity contribution in [2.45, 2.75) is 76.3 Å². The molecule has 2 atom stereocenters. The van der Waals surface area contributed by atoms with Crippen LogP contribution >= 0.6 is 0 Å². The first-order chi connectivity index (χ1) is 19.7. The zero-order chi connectivity index (χ0) is 29.0. The number of hydrogen-bond acceptors (Lipinski definition) is 7. The number of carbonyl (C=O) groups is 1. The normalized spacial score (nSPS) is 23.6. The topological polar surface area (TPSA) is 98.7 Å². The Bertz CT molecular complexity index is 1270. The van der Waals surface area contributed by atoms with Crippen LogP contribution in [0.4, 0.5) is 5.82 Å². The molecule has 224 valence electrons. The van der Waals surface area contributed by atoms with E-state index in [9.17, 15) is 13.2 Å². The van der Waals surface area contributed by atoms with Gasteiger partial charge in [-0.1, -0.05) is 36.8 Å². The lowest BCUT2D eigenvalue weighted by Gasteiger charge is -2.43. The van der Waals surface area contributed by atoms with Crippen LogP contribution in [-0.2, 0) is 10.0 Å². The molecule has 10 heteroatoms. The molecule has 2 unspecified atom stereocenters. The van der Waals surface area contributed by atoms with Gasteiger partial charge in [-0.15, -0.1) is 0 Å². The van der Waals surface area contributed by atoms with E-state index in [1.165, 1.54) is 48.1 Å². The molecule has 0 spiro atoms. The summed E-state index contributed by atoms with van der Waals surface area (Å²) in [5.41, 5.74) is 2.76. The average Bonchev–Trinajstić information content (AvgIpc) is 3.00. The van der Waals surface area contributed by atoms with Crippen molar-refractivity contribution in [3.8, 4) is 0 Å². The van der Waals surface area contributed by atoms with Crippen molar-refractivity contribution in [1.29, 1.82) is 0 Å². The lowest BCUT2D eigenvalue weighted by atomic mass is 9.78. The molecule has 9 nitrogen and oxygen atoms in total. The van der Waals surface area contributed by atoms with Crippen LogP contribution in [0, 0.1) is 12.8 Å². The van der Waals surface area contributed by atoms with Gasteiger partial charge in [0, 0.05) is 44.3 Å². The first-order valence-corrected chi connectivity index (χ1v) is 17.1. The van der Waals surface area contributed by atoms with Crippen LogP contribution in [0.3, 0.4) is 0 Å². The number of nitrogens with one attached hydrogen (secondary N) is 1. The second-order valence-corrected chi connectivity index (χ2v) is 14.3. The average molecular weight is 583 g/mol. The Hall–Kier alpha value is -2.56. The second-order valence-electron chi connectivity index (χ2n) is 12.3. The number of hydrogen-bond donors (Lipinski definition) is 1. The van der Waals surface area contributed by atoms with Crippen molar-refractivity contribution in [3.05, 3.63) is 53.5 Å². The summed E-state index contributed by atoms with van der Waals surface area (Å²) in [5, 5.41) is 3.55. The van der Waals surface area contributed by atoms with E-state index in [2.05, 4.69) is 50.5 Å². The monoisotopic (exact) mass is 582 g/mol.